The molecular weight excluding hydrogens is 238 g/mol. The summed E-state index contributed by atoms with van der Waals surface area (Å²) in [5.74, 6) is -1.16. The molecule has 0 spiro atoms. The Bertz CT molecular complexity index is 573. The number of rotatable bonds is 3. The van der Waals surface area contributed by atoms with E-state index in [1.807, 2.05) is 0 Å². The summed E-state index contributed by atoms with van der Waals surface area (Å²) in [6.07, 6.45) is 1.54. The second kappa shape index (κ2) is 5.10. The molecule has 1 heterocycles. The van der Waals surface area contributed by atoms with Crippen LogP contribution in [0.4, 0.5) is 8.78 Å². The van der Waals surface area contributed by atoms with Crippen molar-refractivity contribution in [2.75, 3.05) is 0 Å². The first-order valence-corrected chi connectivity index (χ1v) is 5.38. The molecule has 0 bridgehead atoms. The van der Waals surface area contributed by atoms with Crippen molar-refractivity contribution in [1.82, 2.24) is 4.98 Å². The molecular formula is C13H12F2N2O. The lowest BCUT2D eigenvalue weighted by atomic mass is 10.2. The van der Waals surface area contributed by atoms with Crippen molar-refractivity contribution in [1.29, 1.82) is 0 Å². The first-order valence-electron chi connectivity index (χ1n) is 5.38. The number of aryl methyl sites for hydroxylation is 1. The van der Waals surface area contributed by atoms with Crippen molar-refractivity contribution in [3.63, 3.8) is 0 Å². The number of nitrogens with zero attached hydrogens (tertiary/aromatic N) is 1. The van der Waals surface area contributed by atoms with Crippen molar-refractivity contribution in [3.8, 4) is 11.6 Å². The highest BCUT2D eigenvalue weighted by atomic mass is 19.1. The molecule has 0 unspecified atom stereocenters. The fourth-order valence-electron chi connectivity index (χ4n) is 1.50. The van der Waals surface area contributed by atoms with Crippen LogP contribution in [0.5, 0.6) is 11.6 Å². The predicted octanol–water partition coefficient (Wildman–Crippen LogP) is 2.92. The molecule has 2 aromatic rings. The summed E-state index contributed by atoms with van der Waals surface area (Å²) in [5, 5.41) is 0. The monoisotopic (exact) mass is 250 g/mol. The molecule has 94 valence electrons. The zero-order valence-electron chi connectivity index (χ0n) is 9.78. The van der Waals surface area contributed by atoms with Gasteiger partial charge in [-0.15, -0.1) is 0 Å². The zero-order valence-corrected chi connectivity index (χ0v) is 9.78. The fourth-order valence-corrected chi connectivity index (χ4v) is 1.50. The summed E-state index contributed by atoms with van der Waals surface area (Å²) in [6, 6.07) is 4.81. The SMILES string of the molecule is Cc1cc(CN)cnc1Oc1cc(F)ccc1F. The molecule has 0 saturated carbocycles. The molecule has 2 rings (SSSR count). The molecule has 0 saturated heterocycles. The Labute approximate surface area is 103 Å². The Morgan fingerprint density at radius 1 is 1.28 bits per heavy atom. The van der Waals surface area contributed by atoms with E-state index >= 15 is 0 Å². The van der Waals surface area contributed by atoms with Crippen molar-refractivity contribution in [3.05, 3.63) is 53.2 Å². The summed E-state index contributed by atoms with van der Waals surface area (Å²) in [5.41, 5.74) is 7.03. The largest absolute Gasteiger partial charge is 0.436 e. The van der Waals surface area contributed by atoms with Crippen molar-refractivity contribution < 1.29 is 13.5 Å². The summed E-state index contributed by atoms with van der Waals surface area (Å²) in [6.45, 7) is 2.13. The number of aromatic nitrogens is 1. The van der Waals surface area contributed by atoms with Gasteiger partial charge in [0, 0.05) is 24.4 Å². The Morgan fingerprint density at radius 2 is 2.06 bits per heavy atom. The molecule has 0 radical (unpaired) electrons. The second-order valence-electron chi connectivity index (χ2n) is 3.85. The first-order chi connectivity index (χ1) is 8.60. The average molecular weight is 250 g/mol. The van der Waals surface area contributed by atoms with Crippen LogP contribution in [0, 0.1) is 18.6 Å². The van der Waals surface area contributed by atoms with E-state index in [0.717, 1.165) is 23.8 Å². The van der Waals surface area contributed by atoms with Gasteiger partial charge in [0.05, 0.1) is 0 Å². The van der Waals surface area contributed by atoms with Gasteiger partial charge in [0.15, 0.2) is 11.6 Å². The highest BCUT2D eigenvalue weighted by Crippen LogP contribution is 2.26. The molecule has 1 aromatic heterocycles. The number of pyridine rings is 1. The summed E-state index contributed by atoms with van der Waals surface area (Å²) < 4.78 is 31.6. The molecule has 0 atom stereocenters. The number of benzene rings is 1. The van der Waals surface area contributed by atoms with Crippen LogP contribution in [0.25, 0.3) is 0 Å². The maximum Gasteiger partial charge on any atom is 0.222 e. The highest BCUT2D eigenvalue weighted by molar-refractivity contribution is 5.34. The summed E-state index contributed by atoms with van der Waals surface area (Å²) in [7, 11) is 0. The third kappa shape index (κ3) is 2.62. The zero-order chi connectivity index (χ0) is 13.1. The van der Waals surface area contributed by atoms with Gasteiger partial charge in [-0.2, -0.15) is 0 Å². The fraction of sp³-hybridized carbons (Fsp3) is 0.154. The van der Waals surface area contributed by atoms with Crippen LogP contribution in [0.15, 0.2) is 30.5 Å². The van der Waals surface area contributed by atoms with E-state index in [-0.39, 0.29) is 11.6 Å². The molecule has 18 heavy (non-hydrogen) atoms. The maximum absolute atomic E-state index is 13.4. The van der Waals surface area contributed by atoms with Crippen LogP contribution < -0.4 is 10.5 Å². The van der Waals surface area contributed by atoms with Crippen molar-refractivity contribution in [2.24, 2.45) is 5.73 Å². The van der Waals surface area contributed by atoms with E-state index < -0.39 is 11.6 Å². The quantitative estimate of drug-likeness (QED) is 0.911. The van der Waals surface area contributed by atoms with E-state index in [1.54, 1.807) is 19.2 Å². The Hall–Kier alpha value is -2.01. The predicted molar refractivity (Wildman–Crippen MR) is 63.3 cm³/mol. The van der Waals surface area contributed by atoms with Crippen LogP contribution in [-0.2, 0) is 6.54 Å². The number of halogens is 2. The Balaban J connectivity index is 2.31. The third-order valence-corrected chi connectivity index (χ3v) is 2.42. The van der Waals surface area contributed by atoms with Gasteiger partial charge in [-0.05, 0) is 30.7 Å². The standard InChI is InChI=1S/C13H12F2N2O/c1-8-4-9(6-16)7-17-13(8)18-12-5-10(14)2-3-11(12)15/h2-5,7H,6,16H2,1H3. The lowest BCUT2D eigenvalue weighted by Crippen LogP contribution is -2.00. The van der Waals surface area contributed by atoms with E-state index in [1.165, 1.54) is 0 Å². The summed E-state index contributed by atoms with van der Waals surface area (Å²) >= 11 is 0. The van der Waals surface area contributed by atoms with Gasteiger partial charge in [-0.1, -0.05) is 0 Å². The van der Waals surface area contributed by atoms with Gasteiger partial charge in [0.1, 0.15) is 5.82 Å². The van der Waals surface area contributed by atoms with Crippen LogP contribution in [0.1, 0.15) is 11.1 Å². The van der Waals surface area contributed by atoms with Gasteiger partial charge in [-0.25, -0.2) is 13.8 Å². The van der Waals surface area contributed by atoms with Gasteiger partial charge < -0.3 is 10.5 Å². The van der Waals surface area contributed by atoms with Crippen LogP contribution in [0.3, 0.4) is 0 Å². The van der Waals surface area contributed by atoms with E-state index in [4.69, 9.17) is 10.5 Å². The molecule has 0 fully saturated rings. The molecule has 0 amide bonds. The molecule has 0 aliphatic carbocycles. The third-order valence-electron chi connectivity index (χ3n) is 2.42. The number of ether oxygens (including phenoxy) is 1. The normalized spacial score (nSPS) is 10.4. The van der Waals surface area contributed by atoms with Gasteiger partial charge in [0.25, 0.3) is 0 Å². The minimum atomic E-state index is -0.638. The maximum atomic E-state index is 13.4. The van der Waals surface area contributed by atoms with Gasteiger partial charge in [0.2, 0.25) is 5.88 Å². The number of hydrogen-bond donors (Lipinski definition) is 1. The van der Waals surface area contributed by atoms with Gasteiger partial charge in [-0.3, -0.25) is 0 Å². The Kier molecular flexibility index (Phi) is 3.53. The lowest BCUT2D eigenvalue weighted by molar-refractivity contribution is 0.419. The molecule has 5 heteroatoms. The summed E-state index contributed by atoms with van der Waals surface area (Å²) in [4.78, 5) is 4.02. The second-order valence-corrected chi connectivity index (χ2v) is 3.85. The van der Waals surface area contributed by atoms with Crippen molar-refractivity contribution in [2.45, 2.75) is 13.5 Å². The number of nitrogens with two attached hydrogens (primary N) is 1. The van der Waals surface area contributed by atoms with Gasteiger partial charge >= 0.3 is 0 Å². The molecule has 0 aliphatic heterocycles. The molecule has 3 nitrogen and oxygen atoms in total. The number of hydrogen-bond acceptors (Lipinski definition) is 3. The minimum Gasteiger partial charge on any atom is -0.436 e. The average Bonchev–Trinajstić information content (AvgIpc) is 2.36. The van der Waals surface area contributed by atoms with Crippen LogP contribution in [0.2, 0.25) is 0 Å². The first kappa shape index (κ1) is 12.4. The van der Waals surface area contributed by atoms with E-state index in [9.17, 15) is 8.78 Å². The smallest absolute Gasteiger partial charge is 0.222 e. The van der Waals surface area contributed by atoms with Crippen LogP contribution in [-0.4, -0.2) is 4.98 Å². The lowest BCUT2D eigenvalue weighted by Gasteiger charge is -2.09. The molecule has 1 aromatic carbocycles. The van der Waals surface area contributed by atoms with Crippen LogP contribution >= 0.6 is 0 Å². The van der Waals surface area contributed by atoms with E-state index in [0.29, 0.717) is 12.1 Å². The highest BCUT2D eigenvalue weighted by Gasteiger charge is 2.09. The Morgan fingerprint density at radius 3 is 2.72 bits per heavy atom. The van der Waals surface area contributed by atoms with E-state index in [2.05, 4.69) is 4.98 Å². The molecule has 0 aliphatic rings. The van der Waals surface area contributed by atoms with Crippen molar-refractivity contribution >= 4 is 0 Å². The minimum absolute atomic E-state index is 0.189. The topological polar surface area (TPSA) is 48.1 Å². The molecule has 2 N–H and O–H groups in total.